The lowest BCUT2D eigenvalue weighted by Gasteiger charge is -2.15. The highest BCUT2D eigenvalue weighted by atomic mass is 35.5. The van der Waals surface area contributed by atoms with E-state index in [4.69, 9.17) is 16.3 Å². The number of nitrogens with zero attached hydrogens (tertiary/aromatic N) is 1. The lowest BCUT2D eigenvalue weighted by atomic mass is 10.3. The van der Waals surface area contributed by atoms with E-state index in [0.717, 1.165) is 4.90 Å². The second kappa shape index (κ2) is 5.58. The molecule has 0 N–H and O–H groups in total. The summed E-state index contributed by atoms with van der Waals surface area (Å²) in [6.45, 7) is 0. The van der Waals surface area contributed by atoms with Crippen molar-refractivity contribution in [3.05, 3.63) is 59.6 Å². The number of imide groups is 1. The minimum absolute atomic E-state index is 0.0280. The van der Waals surface area contributed by atoms with Crippen LogP contribution in [0.1, 0.15) is 6.42 Å². The molecular formula is C16H12ClNO3. The van der Waals surface area contributed by atoms with Crippen molar-refractivity contribution in [2.24, 2.45) is 0 Å². The van der Waals surface area contributed by atoms with E-state index >= 15 is 0 Å². The first-order valence-corrected chi connectivity index (χ1v) is 6.87. The van der Waals surface area contributed by atoms with Crippen molar-refractivity contribution in [1.82, 2.24) is 0 Å². The highest BCUT2D eigenvalue weighted by molar-refractivity contribution is 6.30. The molecule has 1 aliphatic heterocycles. The van der Waals surface area contributed by atoms with Crippen molar-refractivity contribution >= 4 is 29.1 Å². The Balaban J connectivity index is 1.81. The Morgan fingerprint density at radius 3 is 2.52 bits per heavy atom. The van der Waals surface area contributed by atoms with Crippen LogP contribution in [0, 0.1) is 0 Å². The number of para-hydroxylation sites is 1. The maximum absolute atomic E-state index is 12.4. The first kappa shape index (κ1) is 13.6. The Labute approximate surface area is 126 Å². The number of carbonyl (C=O) groups excluding carboxylic acids is 2. The van der Waals surface area contributed by atoms with Crippen LogP contribution in [-0.4, -0.2) is 17.9 Å². The van der Waals surface area contributed by atoms with Crippen molar-refractivity contribution in [1.29, 1.82) is 0 Å². The van der Waals surface area contributed by atoms with Crippen LogP contribution in [0.2, 0.25) is 5.02 Å². The molecule has 2 aromatic rings. The number of anilines is 1. The van der Waals surface area contributed by atoms with Gasteiger partial charge >= 0.3 is 0 Å². The van der Waals surface area contributed by atoms with E-state index in [9.17, 15) is 9.59 Å². The summed E-state index contributed by atoms with van der Waals surface area (Å²) in [7, 11) is 0. The third kappa shape index (κ3) is 2.76. The van der Waals surface area contributed by atoms with Crippen LogP contribution >= 0.6 is 11.6 Å². The maximum atomic E-state index is 12.4. The van der Waals surface area contributed by atoms with Crippen molar-refractivity contribution in [3.63, 3.8) is 0 Å². The fraction of sp³-hybridized carbons (Fsp3) is 0.125. The van der Waals surface area contributed by atoms with Crippen LogP contribution in [-0.2, 0) is 9.59 Å². The van der Waals surface area contributed by atoms with Gasteiger partial charge in [0, 0.05) is 5.02 Å². The van der Waals surface area contributed by atoms with Crippen LogP contribution < -0.4 is 9.64 Å². The highest BCUT2D eigenvalue weighted by Crippen LogP contribution is 2.26. The SMILES string of the molecule is O=C1CC(Oc2cccc(Cl)c2)C(=O)N1c1ccccc1. The van der Waals surface area contributed by atoms with Gasteiger partial charge in [0.15, 0.2) is 6.10 Å². The number of halogens is 1. The van der Waals surface area contributed by atoms with E-state index in [2.05, 4.69) is 0 Å². The lowest BCUT2D eigenvalue weighted by molar-refractivity contribution is -0.123. The molecule has 2 amide bonds. The average molecular weight is 302 g/mol. The summed E-state index contributed by atoms with van der Waals surface area (Å²) in [6.07, 6.45) is -0.781. The number of hydrogen-bond donors (Lipinski definition) is 0. The number of ether oxygens (including phenoxy) is 1. The van der Waals surface area contributed by atoms with E-state index in [1.807, 2.05) is 6.07 Å². The molecule has 106 valence electrons. The predicted molar refractivity (Wildman–Crippen MR) is 79.4 cm³/mol. The molecule has 0 spiro atoms. The van der Waals surface area contributed by atoms with Gasteiger partial charge in [0.1, 0.15) is 5.75 Å². The van der Waals surface area contributed by atoms with Crippen LogP contribution in [0.3, 0.4) is 0 Å². The topological polar surface area (TPSA) is 46.6 Å². The highest BCUT2D eigenvalue weighted by Gasteiger charge is 2.41. The van der Waals surface area contributed by atoms with Crippen LogP contribution in [0.25, 0.3) is 0 Å². The van der Waals surface area contributed by atoms with E-state index in [-0.39, 0.29) is 18.2 Å². The first-order valence-electron chi connectivity index (χ1n) is 6.49. The maximum Gasteiger partial charge on any atom is 0.275 e. The molecule has 0 aromatic heterocycles. The zero-order chi connectivity index (χ0) is 14.8. The number of rotatable bonds is 3. The third-order valence-corrected chi connectivity index (χ3v) is 3.43. The normalized spacial score (nSPS) is 18.1. The molecular weight excluding hydrogens is 290 g/mol. The van der Waals surface area contributed by atoms with Gasteiger partial charge in [-0.25, -0.2) is 4.90 Å². The van der Waals surface area contributed by atoms with E-state index in [1.165, 1.54) is 0 Å². The minimum atomic E-state index is -0.809. The largest absolute Gasteiger partial charge is 0.480 e. The molecule has 1 heterocycles. The number of carbonyl (C=O) groups is 2. The van der Waals surface area contributed by atoms with Crippen LogP contribution in [0.4, 0.5) is 5.69 Å². The smallest absolute Gasteiger partial charge is 0.275 e. The molecule has 1 atom stereocenters. The molecule has 0 saturated carbocycles. The van der Waals surface area contributed by atoms with Gasteiger partial charge in [-0.3, -0.25) is 9.59 Å². The standard InChI is InChI=1S/C16H12ClNO3/c17-11-5-4-8-13(9-11)21-14-10-15(19)18(16(14)20)12-6-2-1-3-7-12/h1-9,14H,10H2. The fourth-order valence-corrected chi connectivity index (χ4v) is 2.43. The zero-order valence-electron chi connectivity index (χ0n) is 11.0. The van der Waals surface area contributed by atoms with Gasteiger partial charge in [0.05, 0.1) is 12.1 Å². The van der Waals surface area contributed by atoms with Gasteiger partial charge in [-0.2, -0.15) is 0 Å². The van der Waals surface area contributed by atoms with E-state index in [0.29, 0.717) is 16.5 Å². The summed E-state index contributed by atoms with van der Waals surface area (Å²) in [5.74, 6) is -0.145. The molecule has 1 aliphatic rings. The van der Waals surface area contributed by atoms with Crippen molar-refractivity contribution in [2.75, 3.05) is 4.90 Å². The van der Waals surface area contributed by atoms with Crippen molar-refractivity contribution in [3.8, 4) is 5.75 Å². The molecule has 4 nitrogen and oxygen atoms in total. The summed E-state index contributed by atoms with van der Waals surface area (Å²) in [6, 6.07) is 15.6. The van der Waals surface area contributed by atoms with Gasteiger partial charge in [-0.1, -0.05) is 35.9 Å². The first-order chi connectivity index (χ1) is 10.1. The molecule has 2 aromatic carbocycles. The summed E-state index contributed by atoms with van der Waals surface area (Å²) >= 11 is 5.88. The second-order valence-corrected chi connectivity index (χ2v) is 5.11. The quantitative estimate of drug-likeness (QED) is 0.819. The average Bonchev–Trinajstić information content (AvgIpc) is 2.74. The molecule has 0 radical (unpaired) electrons. The van der Waals surface area contributed by atoms with Gasteiger partial charge in [-0.15, -0.1) is 0 Å². The van der Waals surface area contributed by atoms with E-state index in [1.54, 1.807) is 48.5 Å². The summed E-state index contributed by atoms with van der Waals surface area (Å²) in [5, 5.41) is 0.518. The summed E-state index contributed by atoms with van der Waals surface area (Å²) in [4.78, 5) is 25.6. The molecule has 0 aliphatic carbocycles. The number of amides is 2. The Morgan fingerprint density at radius 2 is 1.81 bits per heavy atom. The van der Waals surface area contributed by atoms with Crippen LogP contribution in [0.15, 0.2) is 54.6 Å². The number of hydrogen-bond acceptors (Lipinski definition) is 3. The summed E-state index contributed by atoms with van der Waals surface area (Å²) < 4.78 is 5.59. The molecule has 1 fully saturated rings. The molecule has 3 rings (SSSR count). The summed E-state index contributed by atoms with van der Waals surface area (Å²) in [5.41, 5.74) is 0.560. The molecule has 1 unspecified atom stereocenters. The Hall–Kier alpha value is -2.33. The number of benzene rings is 2. The predicted octanol–water partition coefficient (Wildman–Crippen LogP) is 3.05. The Kier molecular flexibility index (Phi) is 3.62. The van der Waals surface area contributed by atoms with Gasteiger partial charge in [0.2, 0.25) is 5.91 Å². The van der Waals surface area contributed by atoms with E-state index < -0.39 is 6.10 Å². The molecule has 21 heavy (non-hydrogen) atoms. The van der Waals surface area contributed by atoms with Crippen LogP contribution in [0.5, 0.6) is 5.75 Å². The third-order valence-electron chi connectivity index (χ3n) is 3.19. The lowest BCUT2D eigenvalue weighted by Crippen LogP contribution is -2.33. The van der Waals surface area contributed by atoms with Gasteiger partial charge in [-0.05, 0) is 30.3 Å². The Morgan fingerprint density at radius 1 is 1.05 bits per heavy atom. The van der Waals surface area contributed by atoms with Crippen molar-refractivity contribution < 1.29 is 14.3 Å². The zero-order valence-corrected chi connectivity index (χ0v) is 11.8. The minimum Gasteiger partial charge on any atom is -0.480 e. The van der Waals surface area contributed by atoms with Crippen molar-refractivity contribution in [2.45, 2.75) is 12.5 Å². The molecule has 5 heteroatoms. The molecule has 0 bridgehead atoms. The Bertz CT molecular complexity index is 687. The second-order valence-electron chi connectivity index (χ2n) is 4.67. The fourth-order valence-electron chi connectivity index (χ4n) is 2.25. The molecule has 1 saturated heterocycles. The van der Waals surface area contributed by atoms with Gasteiger partial charge in [0.25, 0.3) is 5.91 Å². The monoisotopic (exact) mass is 301 g/mol. The van der Waals surface area contributed by atoms with Gasteiger partial charge < -0.3 is 4.74 Å².